The molecule has 0 aliphatic carbocycles. The summed E-state index contributed by atoms with van der Waals surface area (Å²) in [6, 6.07) is 0. The van der Waals surface area contributed by atoms with E-state index in [1.165, 1.54) is 0 Å². The van der Waals surface area contributed by atoms with Crippen LogP contribution in [0.3, 0.4) is 0 Å². The van der Waals surface area contributed by atoms with Crippen molar-refractivity contribution < 1.29 is 5.11 Å². The minimum atomic E-state index is -0.167. The van der Waals surface area contributed by atoms with E-state index in [0.29, 0.717) is 0 Å². The van der Waals surface area contributed by atoms with Crippen molar-refractivity contribution in [2.75, 3.05) is 6.54 Å². The van der Waals surface area contributed by atoms with E-state index in [1.807, 2.05) is 6.92 Å². The molecule has 0 aliphatic heterocycles. The summed E-state index contributed by atoms with van der Waals surface area (Å²) in [7, 11) is 0. The third-order valence-electron chi connectivity index (χ3n) is 0. The zero-order chi connectivity index (χ0) is 6.28. The van der Waals surface area contributed by atoms with E-state index in [0.717, 1.165) is 6.54 Å². The Balaban J connectivity index is 0. The first-order valence-electron chi connectivity index (χ1n) is 2.53. The van der Waals surface area contributed by atoms with Gasteiger partial charge in [0.05, 0.1) is 0 Å². The van der Waals surface area contributed by atoms with E-state index < -0.39 is 0 Å². The highest BCUT2D eigenvalue weighted by Gasteiger charge is 1.69. The minimum Gasteiger partial charge on any atom is -0.394 e. The van der Waals surface area contributed by atoms with Gasteiger partial charge in [-0.2, -0.15) is 0 Å². The number of hydrogen-bond acceptors (Lipinski definition) is 2. The Hall–Kier alpha value is -0.0800. The maximum absolute atomic E-state index is 8.06. The zero-order valence-electron chi connectivity index (χ0n) is 5.31. The first kappa shape index (κ1) is 10.0. The van der Waals surface area contributed by atoms with Crippen LogP contribution in [0.15, 0.2) is 0 Å². The quantitative estimate of drug-likeness (QED) is 0.467. The molecule has 0 aromatic rings. The van der Waals surface area contributed by atoms with Crippen LogP contribution in [0, 0.1) is 0 Å². The molecular formula is C5H15NO. The molecular weight excluding hydrogens is 90.1 g/mol. The third kappa shape index (κ3) is 14200. The van der Waals surface area contributed by atoms with Crippen LogP contribution in [0.1, 0.15) is 20.8 Å². The molecule has 0 spiro atoms. The van der Waals surface area contributed by atoms with Crippen molar-refractivity contribution in [1.82, 2.24) is 0 Å². The number of nitrogens with two attached hydrogens (primary N) is 1. The van der Waals surface area contributed by atoms with Crippen molar-refractivity contribution in [2.45, 2.75) is 26.9 Å². The smallest absolute Gasteiger partial charge is 0.0483 e. The van der Waals surface area contributed by atoms with Crippen molar-refractivity contribution in [2.24, 2.45) is 5.73 Å². The number of rotatable bonds is 0. The molecule has 0 aliphatic rings. The Kier molecular flexibility index (Phi) is 13.3. The van der Waals surface area contributed by atoms with Crippen LogP contribution >= 0.6 is 0 Å². The van der Waals surface area contributed by atoms with E-state index >= 15 is 0 Å². The van der Waals surface area contributed by atoms with Gasteiger partial charge in [0.15, 0.2) is 0 Å². The Morgan fingerprint density at radius 2 is 1.57 bits per heavy atom. The summed E-state index contributed by atoms with van der Waals surface area (Å²) < 4.78 is 0. The highest BCUT2D eigenvalue weighted by Crippen LogP contribution is 1.65. The van der Waals surface area contributed by atoms with Gasteiger partial charge in [-0.25, -0.2) is 0 Å². The lowest BCUT2D eigenvalue weighted by Gasteiger charge is -1.80. The summed E-state index contributed by atoms with van der Waals surface area (Å²) in [5.74, 6) is 0. The van der Waals surface area contributed by atoms with Crippen LogP contribution in [-0.2, 0) is 0 Å². The van der Waals surface area contributed by atoms with Crippen molar-refractivity contribution in [3.05, 3.63) is 0 Å². The molecule has 0 heterocycles. The summed E-state index contributed by atoms with van der Waals surface area (Å²) in [5, 5.41) is 8.06. The van der Waals surface area contributed by atoms with Crippen LogP contribution in [0.4, 0.5) is 0 Å². The molecule has 2 heteroatoms. The standard InChI is InChI=1S/C3H8O.C2H7N/c1-3(2)4;1-2-3/h3-4H,1-2H3;2-3H2,1H3. The average molecular weight is 105 g/mol. The fourth-order valence-corrected chi connectivity index (χ4v) is 0. The van der Waals surface area contributed by atoms with Gasteiger partial charge in [-0.3, -0.25) is 0 Å². The van der Waals surface area contributed by atoms with E-state index in [4.69, 9.17) is 10.8 Å². The highest BCUT2D eigenvalue weighted by atomic mass is 16.3. The van der Waals surface area contributed by atoms with E-state index in [1.54, 1.807) is 13.8 Å². The first-order valence-corrected chi connectivity index (χ1v) is 2.53. The van der Waals surface area contributed by atoms with Gasteiger partial charge in [0.1, 0.15) is 0 Å². The second-order valence-electron chi connectivity index (χ2n) is 1.50. The molecule has 46 valence electrons. The number of aliphatic hydroxyl groups is 1. The van der Waals surface area contributed by atoms with Crippen LogP contribution in [0.2, 0.25) is 0 Å². The predicted octanol–water partition coefficient (Wildman–Crippen LogP) is 0.352. The topological polar surface area (TPSA) is 46.2 Å². The van der Waals surface area contributed by atoms with Crippen molar-refractivity contribution in [3.63, 3.8) is 0 Å². The summed E-state index contributed by atoms with van der Waals surface area (Å²) in [5.41, 5.74) is 4.85. The van der Waals surface area contributed by atoms with Gasteiger partial charge in [-0.05, 0) is 20.4 Å². The predicted molar refractivity (Wildman–Crippen MR) is 32.1 cm³/mol. The second-order valence-corrected chi connectivity index (χ2v) is 1.50. The van der Waals surface area contributed by atoms with Gasteiger partial charge >= 0.3 is 0 Å². The summed E-state index contributed by atoms with van der Waals surface area (Å²) in [6.45, 7) is 6.10. The van der Waals surface area contributed by atoms with E-state index in [-0.39, 0.29) is 6.10 Å². The number of hydrogen-bond donors (Lipinski definition) is 2. The van der Waals surface area contributed by atoms with Gasteiger partial charge in [0.25, 0.3) is 0 Å². The van der Waals surface area contributed by atoms with Gasteiger partial charge in [0, 0.05) is 6.10 Å². The Labute approximate surface area is 45.3 Å². The molecule has 0 rings (SSSR count). The normalized spacial score (nSPS) is 7.71. The second kappa shape index (κ2) is 9.33. The highest BCUT2D eigenvalue weighted by molar-refractivity contribution is 4.20. The summed E-state index contributed by atoms with van der Waals surface area (Å²) >= 11 is 0. The molecule has 3 N–H and O–H groups in total. The van der Waals surface area contributed by atoms with E-state index in [2.05, 4.69) is 0 Å². The molecule has 0 saturated heterocycles. The fraction of sp³-hybridized carbons (Fsp3) is 1.00. The molecule has 0 saturated carbocycles. The minimum absolute atomic E-state index is 0.167. The molecule has 0 atom stereocenters. The van der Waals surface area contributed by atoms with Crippen molar-refractivity contribution >= 4 is 0 Å². The van der Waals surface area contributed by atoms with Crippen LogP contribution in [-0.4, -0.2) is 17.8 Å². The van der Waals surface area contributed by atoms with Gasteiger partial charge in [-0.1, -0.05) is 6.92 Å². The molecule has 0 fully saturated rings. The largest absolute Gasteiger partial charge is 0.394 e. The SMILES string of the molecule is CC(C)O.CCN. The zero-order valence-corrected chi connectivity index (χ0v) is 5.31. The average Bonchev–Trinajstić information content (AvgIpc) is 1.33. The molecule has 0 aromatic heterocycles. The summed E-state index contributed by atoms with van der Waals surface area (Å²) in [4.78, 5) is 0. The molecule has 0 bridgehead atoms. The lowest BCUT2D eigenvalue weighted by molar-refractivity contribution is 0.216. The first-order chi connectivity index (χ1) is 3.15. The van der Waals surface area contributed by atoms with Crippen LogP contribution in [0.25, 0.3) is 0 Å². The maximum Gasteiger partial charge on any atom is 0.0483 e. The molecule has 7 heavy (non-hydrogen) atoms. The van der Waals surface area contributed by atoms with Crippen molar-refractivity contribution in [3.8, 4) is 0 Å². The molecule has 0 unspecified atom stereocenters. The third-order valence-corrected chi connectivity index (χ3v) is 0. The molecule has 0 amide bonds. The Bertz CT molecular complexity index is 19.3. The summed E-state index contributed by atoms with van der Waals surface area (Å²) in [6.07, 6.45) is -0.167. The van der Waals surface area contributed by atoms with Crippen LogP contribution in [0.5, 0.6) is 0 Å². The van der Waals surface area contributed by atoms with Gasteiger partial charge < -0.3 is 10.8 Å². The van der Waals surface area contributed by atoms with E-state index in [9.17, 15) is 0 Å². The van der Waals surface area contributed by atoms with Crippen LogP contribution < -0.4 is 5.73 Å². The lowest BCUT2D eigenvalue weighted by Crippen LogP contribution is -1.87. The number of aliphatic hydroxyl groups excluding tert-OH is 1. The van der Waals surface area contributed by atoms with Gasteiger partial charge in [-0.15, -0.1) is 0 Å². The Morgan fingerprint density at radius 1 is 1.57 bits per heavy atom. The molecule has 0 aromatic carbocycles. The fourth-order valence-electron chi connectivity index (χ4n) is 0. The lowest BCUT2D eigenvalue weighted by atomic mass is 10.5. The monoisotopic (exact) mass is 105 g/mol. The van der Waals surface area contributed by atoms with Gasteiger partial charge in [0.2, 0.25) is 0 Å². The maximum atomic E-state index is 8.06. The molecule has 0 radical (unpaired) electrons. The molecule has 2 nitrogen and oxygen atoms in total. The van der Waals surface area contributed by atoms with Crippen molar-refractivity contribution in [1.29, 1.82) is 0 Å². The Morgan fingerprint density at radius 3 is 1.57 bits per heavy atom.